The second kappa shape index (κ2) is 7.29. The quantitative estimate of drug-likeness (QED) is 0.579. The van der Waals surface area contributed by atoms with E-state index in [1.807, 2.05) is 36.4 Å². The summed E-state index contributed by atoms with van der Waals surface area (Å²) >= 11 is 3.23. The van der Waals surface area contributed by atoms with Crippen LogP contribution < -0.4 is 4.74 Å². The predicted octanol–water partition coefficient (Wildman–Crippen LogP) is 5.71. The van der Waals surface area contributed by atoms with Gasteiger partial charge < -0.3 is 4.74 Å². The van der Waals surface area contributed by atoms with Gasteiger partial charge >= 0.3 is 0 Å². The van der Waals surface area contributed by atoms with Gasteiger partial charge in [-0.3, -0.25) is 0 Å². The molecule has 0 spiro atoms. The number of rotatable bonds is 4. The molecule has 0 aromatic heterocycles. The number of nitrogens with zero attached hydrogens (tertiary/aromatic N) is 1. The fourth-order valence-corrected chi connectivity index (χ4v) is 2.61. The zero-order valence-electron chi connectivity index (χ0n) is 12.7. The van der Waals surface area contributed by atoms with E-state index in [2.05, 4.69) is 22.0 Å². The molecule has 0 bridgehead atoms. The highest BCUT2D eigenvalue weighted by atomic mass is 79.9. The summed E-state index contributed by atoms with van der Waals surface area (Å²) in [5.41, 5.74) is 3.20. The summed E-state index contributed by atoms with van der Waals surface area (Å²) in [6, 6.07) is 22.0. The van der Waals surface area contributed by atoms with E-state index in [9.17, 15) is 4.39 Å². The third-order valence-electron chi connectivity index (χ3n) is 3.61. The van der Waals surface area contributed by atoms with Crippen LogP contribution in [0.25, 0.3) is 11.1 Å². The van der Waals surface area contributed by atoms with E-state index < -0.39 is 0 Å². The Hall–Kier alpha value is -2.64. The molecule has 0 aliphatic carbocycles. The summed E-state index contributed by atoms with van der Waals surface area (Å²) in [5.74, 6) is 0.383. The molecular weight excluding hydrogens is 369 g/mol. The molecule has 0 saturated heterocycles. The summed E-state index contributed by atoms with van der Waals surface area (Å²) in [6.45, 7) is 0.176. The highest BCUT2D eigenvalue weighted by Gasteiger charge is 2.04. The van der Waals surface area contributed by atoms with Crippen LogP contribution in [0.2, 0.25) is 0 Å². The Labute approximate surface area is 148 Å². The minimum atomic E-state index is -0.293. The summed E-state index contributed by atoms with van der Waals surface area (Å²) in [7, 11) is 0. The van der Waals surface area contributed by atoms with Crippen molar-refractivity contribution in [3.05, 3.63) is 88.1 Å². The molecule has 0 atom stereocenters. The van der Waals surface area contributed by atoms with Crippen molar-refractivity contribution in [3.63, 3.8) is 0 Å². The zero-order valence-corrected chi connectivity index (χ0v) is 14.3. The molecule has 118 valence electrons. The molecule has 4 heteroatoms. The maximum Gasteiger partial charge on any atom is 0.130 e. The molecular formula is C20H13BrFNO. The normalized spacial score (nSPS) is 10.2. The number of halogens is 2. The van der Waals surface area contributed by atoms with Crippen LogP contribution in [0.5, 0.6) is 5.75 Å². The highest BCUT2D eigenvalue weighted by Crippen LogP contribution is 2.24. The van der Waals surface area contributed by atoms with Crippen LogP contribution in [-0.2, 0) is 6.61 Å². The zero-order chi connectivity index (χ0) is 16.9. The second-order valence-electron chi connectivity index (χ2n) is 5.24. The SMILES string of the molecule is N#Cc1ccc(-c2ccc(OCc3ccc(Br)cc3F)cc2)cc1. The molecule has 0 saturated carbocycles. The molecule has 3 aromatic carbocycles. The van der Waals surface area contributed by atoms with Gasteiger partial charge in [0.2, 0.25) is 0 Å². The van der Waals surface area contributed by atoms with E-state index in [0.29, 0.717) is 21.3 Å². The van der Waals surface area contributed by atoms with E-state index in [1.165, 1.54) is 6.07 Å². The smallest absolute Gasteiger partial charge is 0.130 e. The summed E-state index contributed by atoms with van der Waals surface area (Å²) in [4.78, 5) is 0. The maximum atomic E-state index is 13.8. The fourth-order valence-electron chi connectivity index (χ4n) is 2.28. The van der Waals surface area contributed by atoms with Crippen molar-refractivity contribution < 1.29 is 9.13 Å². The van der Waals surface area contributed by atoms with Crippen molar-refractivity contribution in [2.75, 3.05) is 0 Å². The van der Waals surface area contributed by atoms with Gasteiger partial charge in [-0.2, -0.15) is 5.26 Å². The number of nitriles is 1. The van der Waals surface area contributed by atoms with E-state index >= 15 is 0 Å². The third-order valence-corrected chi connectivity index (χ3v) is 4.10. The Morgan fingerprint density at radius 1 is 0.917 bits per heavy atom. The predicted molar refractivity (Wildman–Crippen MR) is 95.0 cm³/mol. The standard InChI is InChI=1S/C20H13BrFNO/c21-18-8-5-17(20(22)11-18)13-24-19-9-6-16(7-10-19)15-3-1-14(12-23)2-4-15/h1-11H,13H2. The van der Waals surface area contributed by atoms with Gasteiger partial charge in [0.25, 0.3) is 0 Å². The molecule has 0 aliphatic heterocycles. The lowest BCUT2D eigenvalue weighted by atomic mass is 10.0. The van der Waals surface area contributed by atoms with Crippen molar-refractivity contribution >= 4 is 15.9 Å². The van der Waals surface area contributed by atoms with Crippen LogP contribution in [0.15, 0.2) is 71.2 Å². The van der Waals surface area contributed by atoms with Gasteiger partial charge in [0, 0.05) is 10.0 Å². The van der Waals surface area contributed by atoms with Crippen LogP contribution in [0, 0.1) is 17.1 Å². The second-order valence-corrected chi connectivity index (χ2v) is 6.15. The average Bonchev–Trinajstić information content (AvgIpc) is 2.62. The van der Waals surface area contributed by atoms with Gasteiger partial charge in [0.1, 0.15) is 18.2 Å². The van der Waals surface area contributed by atoms with Crippen molar-refractivity contribution in [1.82, 2.24) is 0 Å². The first kappa shape index (κ1) is 16.2. The first-order valence-corrected chi connectivity index (χ1v) is 8.12. The molecule has 0 N–H and O–H groups in total. The van der Waals surface area contributed by atoms with Crippen LogP contribution in [-0.4, -0.2) is 0 Å². The van der Waals surface area contributed by atoms with Crippen LogP contribution >= 0.6 is 15.9 Å². The number of hydrogen-bond acceptors (Lipinski definition) is 2. The molecule has 0 fully saturated rings. The molecule has 24 heavy (non-hydrogen) atoms. The molecule has 0 heterocycles. The maximum absolute atomic E-state index is 13.8. The third kappa shape index (κ3) is 3.81. The summed E-state index contributed by atoms with van der Waals surface area (Å²) in [5, 5.41) is 8.83. The van der Waals surface area contributed by atoms with Crippen molar-refractivity contribution in [1.29, 1.82) is 5.26 Å². The van der Waals surface area contributed by atoms with Crippen molar-refractivity contribution in [3.8, 4) is 22.9 Å². The summed E-state index contributed by atoms with van der Waals surface area (Å²) in [6.07, 6.45) is 0. The summed E-state index contributed by atoms with van der Waals surface area (Å²) < 4.78 is 20.1. The van der Waals surface area contributed by atoms with E-state index in [4.69, 9.17) is 10.00 Å². The molecule has 2 nitrogen and oxygen atoms in total. The average molecular weight is 382 g/mol. The van der Waals surface area contributed by atoms with Crippen LogP contribution in [0.1, 0.15) is 11.1 Å². The number of benzene rings is 3. The molecule has 0 aliphatic rings. The minimum Gasteiger partial charge on any atom is -0.489 e. The Morgan fingerprint density at radius 2 is 1.54 bits per heavy atom. The monoisotopic (exact) mass is 381 g/mol. The fraction of sp³-hybridized carbons (Fsp3) is 0.0500. The topological polar surface area (TPSA) is 33.0 Å². The molecule has 0 radical (unpaired) electrons. The van der Waals surface area contributed by atoms with E-state index in [0.717, 1.165) is 11.1 Å². The molecule has 0 amide bonds. The number of hydrogen-bond donors (Lipinski definition) is 0. The Balaban J connectivity index is 1.69. The first-order valence-electron chi connectivity index (χ1n) is 7.33. The molecule has 0 unspecified atom stereocenters. The molecule has 3 aromatic rings. The van der Waals surface area contributed by atoms with E-state index in [-0.39, 0.29) is 12.4 Å². The van der Waals surface area contributed by atoms with Gasteiger partial charge in [-0.1, -0.05) is 46.3 Å². The largest absolute Gasteiger partial charge is 0.489 e. The Kier molecular flexibility index (Phi) is 4.93. The lowest BCUT2D eigenvalue weighted by Gasteiger charge is -2.09. The Morgan fingerprint density at radius 3 is 2.12 bits per heavy atom. The van der Waals surface area contributed by atoms with Gasteiger partial charge in [-0.15, -0.1) is 0 Å². The van der Waals surface area contributed by atoms with Crippen LogP contribution in [0.4, 0.5) is 4.39 Å². The Bertz CT molecular complexity index is 883. The first-order chi connectivity index (χ1) is 11.7. The van der Waals surface area contributed by atoms with Gasteiger partial charge in [0.15, 0.2) is 0 Å². The van der Waals surface area contributed by atoms with Gasteiger partial charge in [-0.05, 0) is 47.5 Å². The number of ether oxygens (including phenoxy) is 1. The van der Waals surface area contributed by atoms with Crippen molar-refractivity contribution in [2.24, 2.45) is 0 Å². The highest BCUT2D eigenvalue weighted by molar-refractivity contribution is 9.10. The minimum absolute atomic E-state index is 0.176. The lowest BCUT2D eigenvalue weighted by Crippen LogP contribution is -1.98. The van der Waals surface area contributed by atoms with Gasteiger partial charge in [-0.25, -0.2) is 4.39 Å². The lowest BCUT2D eigenvalue weighted by molar-refractivity contribution is 0.300. The van der Waals surface area contributed by atoms with Crippen LogP contribution in [0.3, 0.4) is 0 Å². The van der Waals surface area contributed by atoms with Crippen molar-refractivity contribution in [2.45, 2.75) is 6.61 Å². The molecule has 3 rings (SSSR count). The van der Waals surface area contributed by atoms with Gasteiger partial charge in [0.05, 0.1) is 11.6 Å². The van der Waals surface area contributed by atoms with E-state index in [1.54, 1.807) is 24.3 Å².